The van der Waals surface area contributed by atoms with Crippen LogP contribution < -0.4 is 5.32 Å². The molecule has 2 aliphatic rings. The van der Waals surface area contributed by atoms with Crippen LogP contribution in [0.4, 0.5) is 0 Å². The highest BCUT2D eigenvalue weighted by molar-refractivity contribution is 5.85. The van der Waals surface area contributed by atoms with Gasteiger partial charge in [0.2, 0.25) is 0 Å². The number of nitrogens with zero attached hydrogens (tertiary/aromatic N) is 1. The molecule has 2 aliphatic heterocycles. The van der Waals surface area contributed by atoms with E-state index >= 15 is 0 Å². The Bertz CT molecular complexity index is 248. The maximum absolute atomic E-state index is 3.47. The largest absolute Gasteiger partial charge is 0.317 e. The van der Waals surface area contributed by atoms with Crippen LogP contribution in [0.5, 0.6) is 0 Å². The molecule has 0 aliphatic carbocycles. The number of rotatable bonds is 2. The van der Waals surface area contributed by atoms with Gasteiger partial charge in [0.05, 0.1) is 0 Å². The van der Waals surface area contributed by atoms with E-state index in [0.29, 0.717) is 5.41 Å². The lowest BCUT2D eigenvalue weighted by molar-refractivity contribution is 0.201. The number of nitrogens with one attached hydrogen (secondary N) is 1. The zero-order valence-electron chi connectivity index (χ0n) is 11.0. The zero-order chi connectivity index (χ0) is 10.7. The molecule has 17 heavy (non-hydrogen) atoms. The maximum atomic E-state index is 3.47. The first-order chi connectivity index (χ1) is 7.24. The summed E-state index contributed by atoms with van der Waals surface area (Å²) in [5.41, 5.74) is 2.18. The average Bonchev–Trinajstić information content (AvgIpc) is 2.62. The fraction of sp³-hybridized carbons (Fsp3) is 0.846. The second kappa shape index (κ2) is 7.63. The Hall–Kier alpha value is 0.240. The van der Waals surface area contributed by atoms with Crippen molar-refractivity contribution < 1.29 is 0 Å². The van der Waals surface area contributed by atoms with Crippen molar-refractivity contribution in [2.45, 2.75) is 33.1 Å². The highest BCUT2D eigenvalue weighted by Gasteiger charge is 2.38. The van der Waals surface area contributed by atoms with Gasteiger partial charge in [-0.15, -0.1) is 24.8 Å². The molecule has 2 nitrogen and oxygen atoms in total. The normalized spacial score (nSPS) is 24.2. The van der Waals surface area contributed by atoms with Gasteiger partial charge in [-0.05, 0) is 58.2 Å². The van der Waals surface area contributed by atoms with Crippen LogP contribution in [0.1, 0.15) is 33.1 Å². The van der Waals surface area contributed by atoms with Crippen LogP contribution in [0.15, 0.2) is 11.6 Å². The van der Waals surface area contributed by atoms with Gasteiger partial charge in [-0.25, -0.2) is 0 Å². The highest BCUT2D eigenvalue weighted by Crippen LogP contribution is 2.38. The number of piperidine rings is 1. The van der Waals surface area contributed by atoms with Crippen LogP contribution in [0.3, 0.4) is 0 Å². The van der Waals surface area contributed by atoms with Crippen LogP contribution >= 0.6 is 24.8 Å². The van der Waals surface area contributed by atoms with Crippen molar-refractivity contribution in [3.8, 4) is 0 Å². The predicted octanol–water partition coefficient (Wildman–Crippen LogP) is 2.87. The summed E-state index contributed by atoms with van der Waals surface area (Å²) in [5.74, 6) is 0. The Balaban J connectivity index is 0.00000128. The monoisotopic (exact) mass is 280 g/mol. The van der Waals surface area contributed by atoms with E-state index in [1.165, 1.54) is 57.6 Å². The third kappa shape index (κ3) is 4.44. The van der Waals surface area contributed by atoms with Crippen LogP contribution in [0.25, 0.3) is 0 Å². The molecule has 0 amide bonds. The second-order valence-electron chi connectivity index (χ2n) is 5.35. The van der Waals surface area contributed by atoms with Gasteiger partial charge >= 0.3 is 0 Å². The van der Waals surface area contributed by atoms with E-state index in [-0.39, 0.29) is 24.8 Å². The van der Waals surface area contributed by atoms with Crippen molar-refractivity contribution in [3.05, 3.63) is 11.6 Å². The van der Waals surface area contributed by atoms with Crippen LogP contribution in [0, 0.1) is 5.41 Å². The van der Waals surface area contributed by atoms with Gasteiger partial charge in [0.15, 0.2) is 0 Å². The summed E-state index contributed by atoms with van der Waals surface area (Å²) in [4.78, 5) is 2.64. The minimum atomic E-state index is 0. The molecule has 1 spiro atoms. The Morgan fingerprint density at radius 2 is 1.88 bits per heavy atom. The van der Waals surface area contributed by atoms with Crippen molar-refractivity contribution in [1.82, 2.24) is 10.2 Å². The summed E-state index contributed by atoms with van der Waals surface area (Å²) in [7, 11) is 0. The lowest BCUT2D eigenvalue weighted by atomic mass is 9.78. The van der Waals surface area contributed by atoms with Gasteiger partial charge < -0.3 is 5.32 Å². The molecule has 2 rings (SSSR count). The first kappa shape index (κ1) is 17.2. The molecule has 0 bridgehead atoms. The highest BCUT2D eigenvalue weighted by atomic mass is 35.5. The summed E-state index contributed by atoms with van der Waals surface area (Å²) >= 11 is 0. The van der Waals surface area contributed by atoms with E-state index in [0.717, 1.165) is 0 Å². The summed E-state index contributed by atoms with van der Waals surface area (Å²) in [6.07, 6.45) is 6.44. The first-order valence-corrected chi connectivity index (χ1v) is 6.29. The molecule has 0 unspecified atom stereocenters. The zero-order valence-corrected chi connectivity index (χ0v) is 12.6. The fourth-order valence-electron chi connectivity index (χ4n) is 2.97. The number of hydrogen-bond acceptors (Lipinski definition) is 2. The molecule has 2 fully saturated rings. The van der Waals surface area contributed by atoms with E-state index in [9.17, 15) is 0 Å². The van der Waals surface area contributed by atoms with E-state index in [1.54, 1.807) is 0 Å². The fourth-order valence-corrected chi connectivity index (χ4v) is 2.97. The standard InChI is InChI=1S/C13H24N2.2ClH/c1-3-12(2)10-15-9-6-13(11-15)4-7-14-8-5-13;;/h3,14H,4-11H2,1-2H3;2*1H. The predicted molar refractivity (Wildman–Crippen MR) is 79.5 cm³/mol. The van der Waals surface area contributed by atoms with E-state index in [4.69, 9.17) is 0 Å². The van der Waals surface area contributed by atoms with Crippen LogP contribution in [-0.2, 0) is 0 Å². The van der Waals surface area contributed by atoms with Gasteiger partial charge in [0.1, 0.15) is 0 Å². The van der Waals surface area contributed by atoms with Gasteiger partial charge in [0.25, 0.3) is 0 Å². The van der Waals surface area contributed by atoms with Gasteiger partial charge in [-0.3, -0.25) is 4.90 Å². The number of hydrogen-bond donors (Lipinski definition) is 1. The Kier molecular flexibility index (Phi) is 7.73. The molecule has 1 N–H and O–H groups in total. The van der Waals surface area contributed by atoms with E-state index in [1.807, 2.05) is 0 Å². The quantitative estimate of drug-likeness (QED) is 0.783. The molecule has 2 heterocycles. The molecule has 0 atom stereocenters. The molecule has 102 valence electrons. The third-order valence-electron chi connectivity index (χ3n) is 4.15. The SMILES string of the molecule is CC=C(C)CN1CCC2(CCNCC2)C1.Cl.Cl. The molecule has 0 saturated carbocycles. The molecular weight excluding hydrogens is 255 g/mol. The summed E-state index contributed by atoms with van der Waals surface area (Å²) in [5, 5.41) is 3.47. The first-order valence-electron chi connectivity index (χ1n) is 6.29. The molecule has 0 aromatic rings. The Labute approximate surface area is 118 Å². The van der Waals surface area contributed by atoms with E-state index < -0.39 is 0 Å². The lowest BCUT2D eigenvalue weighted by Gasteiger charge is -2.34. The van der Waals surface area contributed by atoms with E-state index in [2.05, 4.69) is 30.1 Å². The molecule has 0 aromatic heterocycles. The molecule has 2 saturated heterocycles. The second-order valence-corrected chi connectivity index (χ2v) is 5.35. The molecule has 0 aromatic carbocycles. The Morgan fingerprint density at radius 3 is 2.47 bits per heavy atom. The summed E-state index contributed by atoms with van der Waals surface area (Å²) in [6.45, 7) is 10.7. The van der Waals surface area contributed by atoms with Crippen LogP contribution in [0.2, 0.25) is 0 Å². The maximum Gasteiger partial charge on any atom is 0.0190 e. The number of likely N-dealkylation sites (tertiary alicyclic amines) is 1. The van der Waals surface area contributed by atoms with Crippen molar-refractivity contribution in [1.29, 1.82) is 0 Å². The van der Waals surface area contributed by atoms with Crippen LogP contribution in [-0.4, -0.2) is 37.6 Å². The molecule has 0 radical (unpaired) electrons. The van der Waals surface area contributed by atoms with Crippen molar-refractivity contribution in [3.63, 3.8) is 0 Å². The topological polar surface area (TPSA) is 15.3 Å². The lowest BCUT2D eigenvalue weighted by Crippen LogP contribution is -2.38. The third-order valence-corrected chi connectivity index (χ3v) is 4.15. The van der Waals surface area contributed by atoms with Crippen molar-refractivity contribution >= 4 is 24.8 Å². The number of halogens is 2. The number of allylic oxidation sites excluding steroid dienone is 1. The summed E-state index contributed by atoms with van der Waals surface area (Å²) < 4.78 is 0. The van der Waals surface area contributed by atoms with Crippen molar-refractivity contribution in [2.75, 3.05) is 32.7 Å². The minimum Gasteiger partial charge on any atom is -0.317 e. The van der Waals surface area contributed by atoms with Gasteiger partial charge in [-0.1, -0.05) is 11.6 Å². The van der Waals surface area contributed by atoms with Crippen molar-refractivity contribution in [2.24, 2.45) is 5.41 Å². The Morgan fingerprint density at radius 1 is 1.24 bits per heavy atom. The summed E-state index contributed by atoms with van der Waals surface area (Å²) in [6, 6.07) is 0. The molecular formula is C13H26Cl2N2. The van der Waals surface area contributed by atoms with Gasteiger partial charge in [0, 0.05) is 13.1 Å². The average molecular weight is 281 g/mol. The molecule has 4 heteroatoms. The minimum absolute atomic E-state index is 0. The smallest absolute Gasteiger partial charge is 0.0190 e. The van der Waals surface area contributed by atoms with Gasteiger partial charge in [-0.2, -0.15) is 0 Å².